The third-order valence-electron chi connectivity index (χ3n) is 5.18. The lowest BCUT2D eigenvalue weighted by molar-refractivity contribution is -0.130. The molecule has 2 saturated heterocycles. The first-order valence-electron chi connectivity index (χ1n) is 9.05. The van der Waals surface area contributed by atoms with Gasteiger partial charge >= 0.3 is 0 Å². The number of benzene rings is 1. The van der Waals surface area contributed by atoms with Crippen molar-refractivity contribution in [3.05, 3.63) is 30.3 Å². The normalized spacial score (nSPS) is 22.1. The molecule has 1 amide bonds. The molecule has 1 aromatic carbocycles. The van der Waals surface area contributed by atoms with Crippen LogP contribution in [0.1, 0.15) is 12.8 Å². The summed E-state index contributed by atoms with van der Waals surface area (Å²) in [4.78, 5) is 19.4. The van der Waals surface area contributed by atoms with Gasteiger partial charge in [0.25, 0.3) is 0 Å². The Morgan fingerprint density at radius 1 is 1.12 bits per heavy atom. The van der Waals surface area contributed by atoms with Crippen molar-refractivity contribution in [1.29, 1.82) is 0 Å². The van der Waals surface area contributed by atoms with Crippen LogP contribution in [0.2, 0.25) is 0 Å². The summed E-state index contributed by atoms with van der Waals surface area (Å²) in [6.07, 6.45) is 4.01. The fraction of sp³-hybridized carbons (Fsp3) is 0.632. The molecule has 0 aromatic heterocycles. The fourth-order valence-corrected chi connectivity index (χ4v) is 4.45. The second-order valence-corrected chi connectivity index (χ2v) is 7.77. The van der Waals surface area contributed by atoms with E-state index in [1.165, 1.54) is 17.9 Å². The molecular weight excluding hydrogens is 318 g/mol. The van der Waals surface area contributed by atoms with Crippen LogP contribution in [0.15, 0.2) is 30.3 Å². The first-order chi connectivity index (χ1) is 11.8. The van der Waals surface area contributed by atoms with E-state index in [0.29, 0.717) is 18.2 Å². The molecule has 2 aliphatic rings. The standard InChI is InChI=1S/C19H29N3OS/c1-24-16-17-7-10-22(15-17)19(23)8-9-20-11-13-21(14-12-20)18-5-3-2-4-6-18/h2-6,17H,7-16H2,1H3/t17-/m1/s1. The number of amides is 1. The summed E-state index contributed by atoms with van der Waals surface area (Å²) in [6.45, 7) is 7.06. The van der Waals surface area contributed by atoms with E-state index < -0.39 is 0 Å². The maximum Gasteiger partial charge on any atom is 0.223 e. The molecule has 5 heteroatoms. The van der Waals surface area contributed by atoms with Crippen LogP contribution in [0.3, 0.4) is 0 Å². The average molecular weight is 348 g/mol. The molecule has 24 heavy (non-hydrogen) atoms. The Hall–Kier alpha value is -1.20. The Morgan fingerprint density at radius 2 is 1.88 bits per heavy atom. The smallest absolute Gasteiger partial charge is 0.223 e. The maximum absolute atomic E-state index is 12.4. The van der Waals surface area contributed by atoms with E-state index in [2.05, 4.69) is 51.3 Å². The molecule has 0 radical (unpaired) electrons. The predicted molar refractivity (Wildman–Crippen MR) is 103 cm³/mol. The number of hydrogen-bond donors (Lipinski definition) is 0. The Labute approximate surface area is 150 Å². The van der Waals surface area contributed by atoms with Gasteiger partial charge in [-0.25, -0.2) is 0 Å². The van der Waals surface area contributed by atoms with E-state index in [9.17, 15) is 4.79 Å². The van der Waals surface area contributed by atoms with Gasteiger partial charge in [0.2, 0.25) is 5.91 Å². The van der Waals surface area contributed by atoms with Crippen LogP contribution >= 0.6 is 11.8 Å². The minimum absolute atomic E-state index is 0.351. The molecule has 0 spiro atoms. The topological polar surface area (TPSA) is 26.8 Å². The molecule has 1 atom stereocenters. The van der Waals surface area contributed by atoms with E-state index >= 15 is 0 Å². The lowest BCUT2D eigenvalue weighted by Gasteiger charge is -2.36. The average Bonchev–Trinajstić information content (AvgIpc) is 3.10. The number of likely N-dealkylation sites (tertiary alicyclic amines) is 1. The van der Waals surface area contributed by atoms with Crippen LogP contribution in [-0.4, -0.2) is 73.5 Å². The summed E-state index contributed by atoms with van der Waals surface area (Å²) in [5.74, 6) is 2.24. The number of rotatable bonds is 6. The third-order valence-corrected chi connectivity index (χ3v) is 5.98. The van der Waals surface area contributed by atoms with Gasteiger partial charge in [0.05, 0.1) is 0 Å². The van der Waals surface area contributed by atoms with Crippen LogP contribution in [0.5, 0.6) is 0 Å². The summed E-state index contributed by atoms with van der Waals surface area (Å²) in [5, 5.41) is 0. The van der Waals surface area contributed by atoms with Crippen LogP contribution in [0.4, 0.5) is 5.69 Å². The van der Waals surface area contributed by atoms with Crippen molar-refractivity contribution in [2.45, 2.75) is 12.8 Å². The van der Waals surface area contributed by atoms with Gasteiger partial charge in [-0.05, 0) is 36.5 Å². The van der Waals surface area contributed by atoms with Crippen molar-refractivity contribution < 1.29 is 4.79 Å². The SMILES string of the molecule is CSC[C@@H]1CCN(C(=O)CCN2CCN(c3ccccc3)CC2)C1. The summed E-state index contributed by atoms with van der Waals surface area (Å²) in [7, 11) is 0. The van der Waals surface area contributed by atoms with Gasteiger partial charge in [-0.15, -0.1) is 0 Å². The van der Waals surface area contributed by atoms with Gasteiger partial charge in [0.15, 0.2) is 0 Å². The number of carbonyl (C=O) groups is 1. The van der Waals surface area contributed by atoms with Crippen molar-refractivity contribution in [1.82, 2.24) is 9.80 Å². The molecule has 3 rings (SSSR count). The van der Waals surface area contributed by atoms with Gasteiger partial charge in [0, 0.05) is 57.9 Å². The Bertz CT molecular complexity index is 517. The molecule has 0 unspecified atom stereocenters. The molecule has 4 nitrogen and oxygen atoms in total. The maximum atomic E-state index is 12.4. The highest BCUT2D eigenvalue weighted by atomic mass is 32.2. The van der Waals surface area contributed by atoms with Crippen molar-refractivity contribution in [3.8, 4) is 0 Å². The molecule has 2 fully saturated rings. The lowest BCUT2D eigenvalue weighted by atomic mass is 10.2. The molecule has 0 N–H and O–H groups in total. The van der Waals surface area contributed by atoms with Crippen molar-refractivity contribution in [3.63, 3.8) is 0 Å². The van der Waals surface area contributed by atoms with Crippen molar-refractivity contribution >= 4 is 23.4 Å². The van der Waals surface area contributed by atoms with Crippen LogP contribution in [0.25, 0.3) is 0 Å². The molecule has 2 aliphatic heterocycles. The Balaban J connectivity index is 1.37. The number of thioether (sulfide) groups is 1. The van der Waals surface area contributed by atoms with Gasteiger partial charge in [-0.2, -0.15) is 11.8 Å². The van der Waals surface area contributed by atoms with Gasteiger partial charge in [0.1, 0.15) is 0 Å². The zero-order chi connectivity index (χ0) is 16.8. The van der Waals surface area contributed by atoms with E-state index in [4.69, 9.17) is 0 Å². The van der Waals surface area contributed by atoms with E-state index in [1.807, 2.05) is 11.8 Å². The predicted octanol–water partition coefficient (Wildman–Crippen LogP) is 2.41. The zero-order valence-corrected chi connectivity index (χ0v) is 15.5. The van der Waals surface area contributed by atoms with Crippen LogP contribution in [0, 0.1) is 5.92 Å². The number of para-hydroxylation sites is 1. The second-order valence-electron chi connectivity index (χ2n) is 6.86. The lowest BCUT2D eigenvalue weighted by Crippen LogP contribution is -2.47. The molecule has 0 saturated carbocycles. The van der Waals surface area contributed by atoms with E-state index in [1.54, 1.807) is 0 Å². The van der Waals surface area contributed by atoms with Gasteiger partial charge < -0.3 is 9.80 Å². The minimum atomic E-state index is 0.351. The number of carbonyl (C=O) groups excluding carboxylic acids is 1. The summed E-state index contributed by atoms with van der Waals surface area (Å²) < 4.78 is 0. The monoisotopic (exact) mass is 347 g/mol. The Morgan fingerprint density at radius 3 is 2.58 bits per heavy atom. The van der Waals surface area contributed by atoms with E-state index in [0.717, 1.165) is 45.8 Å². The molecular formula is C19H29N3OS. The van der Waals surface area contributed by atoms with Crippen LogP contribution < -0.4 is 4.90 Å². The quantitative estimate of drug-likeness (QED) is 0.790. The highest BCUT2D eigenvalue weighted by Gasteiger charge is 2.26. The third kappa shape index (κ3) is 4.67. The Kier molecular flexibility index (Phi) is 6.44. The van der Waals surface area contributed by atoms with E-state index in [-0.39, 0.29) is 0 Å². The molecule has 132 valence electrons. The number of piperazine rings is 1. The highest BCUT2D eigenvalue weighted by Crippen LogP contribution is 2.20. The minimum Gasteiger partial charge on any atom is -0.369 e. The molecule has 2 heterocycles. The summed E-state index contributed by atoms with van der Waals surface area (Å²) >= 11 is 1.90. The molecule has 1 aromatic rings. The summed E-state index contributed by atoms with van der Waals surface area (Å²) in [5.41, 5.74) is 1.31. The number of hydrogen-bond acceptors (Lipinski definition) is 4. The second kappa shape index (κ2) is 8.77. The molecule has 0 aliphatic carbocycles. The first kappa shape index (κ1) is 17.6. The van der Waals surface area contributed by atoms with Gasteiger partial charge in [-0.3, -0.25) is 9.69 Å². The summed E-state index contributed by atoms with van der Waals surface area (Å²) in [6, 6.07) is 10.6. The van der Waals surface area contributed by atoms with Crippen LogP contribution in [-0.2, 0) is 4.79 Å². The van der Waals surface area contributed by atoms with Gasteiger partial charge in [-0.1, -0.05) is 18.2 Å². The zero-order valence-electron chi connectivity index (χ0n) is 14.7. The largest absolute Gasteiger partial charge is 0.369 e. The molecule has 0 bridgehead atoms. The first-order valence-corrected chi connectivity index (χ1v) is 10.4. The number of anilines is 1. The number of nitrogens with zero attached hydrogens (tertiary/aromatic N) is 3. The van der Waals surface area contributed by atoms with Crippen molar-refractivity contribution in [2.24, 2.45) is 5.92 Å². The van der Waals surface area contributed by atoms with Crippen molar-refractivity contribution in [2.75, 3.05) is 62.7 Å². The highest BCUT2D eigenvalue weighted by molar-refractivity contribution is 7.98. The fourth-order valence-electron chi connectivity index (χ4n) is 3.71.